The minimum absolute atomic E-state index is 0.0659. The fourth-order valence-electron chi connectivity index (χ4n) is 10.6. The average Bonchev–Trinajstić information content (AvgIpc) is 3.52. The van der Waals surface area contributed by atoms with E-state index in [9.17, 15) is 29.1 Å². The topological polar surface area (TPSA) is 169 Å². The molecule has 16 nitrogen and oxygen atoms in total. The van der Waals surface area contributed by atoms with E-state index >= 15 is 0 Å². The average molecular weight is 839 g/mol. The van der Waals surface area contributed by atoms with Gasteiger partial charge in [0.05, 0.1) is 46.3 Å². The number of rotatable bonds is 8. The van der Waals surface area contributed by atoms with Crippen molar-refractivity contribution >= 4 is 46.0 Å². The molecule has 4 amide bonds. The summed E-state index contributed by atoms with van der Waals surface area (Å²) in [6.07, 6.45) is 3.50. The number of aromatic hydroxyl groups is 1. The quantitative estimate of drug-likeness (QED) is 0.221. The van der Waals surface area contributed by atoms with E-state index in [0.717, 1.165) is 22.5 Å². The fourth-order valence-corrected chi connectivity index (χ4v) is 10.6. The van der Waals surface area contributed by atoms with E-state index in [2.05, 4.69) is 42.3 Å². The van der Waals surface area contributed by atoms with Gasteiger partial charge in [-0.2, -0.15) is 10.2 Å². The van der Waals surface area contributed by atoms with E-state index in [0.29, 0.717) is 102 Å². The number of nitrogens with one attached hydrogen (secondary N) is 1. The van der Waals surface area contributed by atoms with Crippen LogP contribution in [0.2, 0.25) is 0 Å². The van der Waals surface area contributed by atoms with Crippen molar-refractivity contribution in [1.29, 1.82) is 0 Å². The van der Waals surface area contributed by atoms with Crippen LogP contribution in [0, 0.1) is 5.41 Å². The van der Waals surface area contributed by atoms with Crippen molar-refractivity contribution in [3.8, 4) is 17.0 Å². The predicted octanol–water partition coefficient (Wildman–Crippen LogP) is 2.51. The lowest BCUT2D eigenvalue weighted by atomic mass is 9.67. The zero-order valence-electron chi connectivity index (χ0n) is 34.8. The summed E-state index contributed by atoms with van der Waals surface area (Å²) in [7, 11) is 1.71. The van der Waals surface area contributed by atoms with Gasteiger partial charge in [0.1, 0.15) is 11.8 Å². The van der Waals surface area contributed by atoms with Crippen LogP contribution >= 0.6 is 0 Å². The first-order chi connectivity index (χ1) is 30.0. The molecule has 5 fully saturated rings. The molecule has 320 valence electrons. The van der Waals surface area contributed by atoms with Crippen molar-refractivity contribution in [1.82, 2.24) is 39.3 Å². The van der Waals surface area contributed by atoms with Gasteiger partial charge in [0.25, 0.3) is 0 Å². The first-order valence-corrected chi connectivity index (χ1v) is 21.5. The molecule has 2 N–H and O–H groups in total. The van der Waals surface area contributed by atoms with E-state index < -0.39 is 17.4 Å². The molecule has 10 rings (SSSR count). The number of para-hydroxylation sites is 2. The van der Waals surface area contributed by atoms with Crippen LogP contribution in [-0.4, -0.2) is 135 Å². The third-order valence-electron chi connectivity index (χ3n) is 14.0. The molecule has 0 radical (unpaired) electrons. The maximum Gasteiger partial charge on any atom is 0.329 e. The lowest BCUT2D eigenvalue weighted by molar-refractivity contribution is -0.173. The number of piperazine rings is 1. The highest BCUT2D eigenvalue weighted by Crippen LogP contribution is 2.45. The second-order valence-corrected chi connectivity index (χ2v) is 17.7. The van der Waals surface area contributed by atoms with Crippen molar-refractivity contribution in [2.45, 2.75) is 37.1 Å². The highest BCUT2D eigenvalue weighted by atomic mass is 16.3. The van der Waals surface area contributed by atoms with Crippen molar-refractivity contribution in [2.75, 3.05) is 81.8 Å². The Bertz CT molecular complexity index is 2630. The van der Waals surface area contributed by atoms with Crippen LogP contribution < -0.4 is 20.8 Å². The Morgan fingerprint density at radius 3 is 2.26 bits per heavy atom. The Kier molecular flexibility index (Phi) is 9.84. The zero-order chi connectivity index (χ0) is 42.8. The number of piperidine rings is 2. The van der Waals surface area contributed by atoms with E-state index in [4.69, 9.17) is 0 Å². The lowest BCUT2D eigenvalue weighted by Crippen LogP contribution is -2.75. The molecular weight excluding hydrogens is 789 g/mol. The van der Waals surface area contributed by atoms with E-state index in [-0.39, 0.29) is 47.4 Å². The number of imidazole rings is 1. The Labute approximate surface area is 358 Å². The number of aryl methyl sites for hydroxylation is 1. The van der Waals surface area contributed by atoms with Gasteiger partial charge in [-0.25, -0.2) is 4.79 Å². The summed E-state index contributed by atoms with van der Waals surface area (Å²) in [5, 5.41) is 21.3. The highest BCUT2D eigenvalue weighted by molar-refractivity contribution is 6.00. The molecular formula is C46H50N10O6. The lowest BCUT2D eigenvalue weighted by Gasteiger charge is -2.61. The maximum absolute atomic E-state index is 14.6. The number of amides is 4. The number of hydrogen-bond acceptors (Lipinski definition) is 11. The van der Waals surface area contributed by atoms with Crippen molar-refractivity contribution < 1.29 is 24.3 Å². The zero-order valence-corrected chi connectivity index (χ0v) is 34.8. The number of carbonyl (C=O) groups is 4. The number of anilines is 2. The van der Waals surface area contributed by atoms with Gasteiger partial charge < -0.3 is 24.7 Å². The van der Waals surface area contributed by atoms with Crippen LogP contribution in [0.15, 0.2) is 89.9 Å². The molecule has 5 aliphatic rings. The standard InChI is InChI=1S/C46H50N10O6/c1-50-41-35(11-7-12-36(41)56(44(50)62)37-14-15-39(58)48-42(37)60)53-22-20-51(21-23-53)26-40(59)54-27-45(28-54)29-55(30-45)43(61)46(31-8-3-2-4-9-31)16-18-52(19-17-46)32-24-34(49-47-25-32)33-10-5-6-13-38(33)57/h2-13,24-25,37,57H,14-23,26-30H2,1H3,(H,48,58,60)/t37-/m1/s1. The van der Waals surface area contributed by atoms with Gasteiger partial charge in [-0.1, -0.05) is 48.5 Å². The molecule has 5 saturated heterocycles. The van der Waals surface area contributed by atoms with Gasteiger partial charge in [0, 0.05) is 89.9 Å². The number of imide groups is 1. The number of aromatic nitrogens is 4. The monoisotopic (exact) mass is 838 g/mol. The highest BCUT2D eigenvalue weighted by Gasteiger charge is 2.57. The molecule has 5 aromatic rings. The molecule has 0 unspecified atom stereocenters. The summed E-state index contributed by atoms with van der Waals surface area (Å²) < 4.78 is 3.09. The Hall–Kier alpha value is -6.55. The number of carbonyl (C=O) groups excluding carboxylic acids is 4. The molecule has 7 heterocycles. The number of nitrogens with zero attached hydrogens (tertiary/aromatic N) is 9. The van der Waals surface area contributed by atoms with Crippen LogP contribution in [0.25, 0.3) is 22.3 Å². The summed E-state index contributed by atoms with van der Waals surface area (Å²) in [6, 6.07) is 24.2. The summed E-state index contributed by atoms with van der Waals surface area (Å²) in [5.74, 6) is -0.373. The number of hydrogen-bond donors (Lipinski definition) is 2. The van der Waals surface area contributed by atoms with Crippen LogP contribution in [-0.2, 0) is 31.6 Å². The predicted molar refractivity (Wildman–Crippen MR) is 232 cm³/mol. The molecule has 5 aliphatic heterocycles. The van der Waals surface area contributed by atoms with Crippen LogP contribution in [0.1, 0.15) is 37.3 Å². The molecule has 1 atom stereocenters. The first-order valence-electron chi connectivity index (χ1n) is 21.5. The van der Waals surface area contributed by atoms with E-state index in [1.807, 2.05) is 64.4 Å². The summed E-state index contributed by atoms with van der Waals surface area (Å²) in [4.78, 5) is 76.7. The number of phenolic OH excluding ortho intramolecular Hbond substituents is 1. The van der Waals surface area contributed by atoms with E-state index in [1.54, 1.807) is 29.9 Å². The molecule has 62 heavy (non-hydrogen) atoms. The molecule has 0 bridgehead atoms. The Morgan fingerprint density at radius 2 is 1.53 bits per heavy atom. The third kappa shape index (κ3) is 6.76. The van der Waals surface area contributed by atoms with Crippen LogP contribution in [0.5, 0.6) is 5.75 Å². The summed E-state index contributed by atoms with van der Waals surface area (Å²) >= 11 is 0. The van der Waals surface area contributed by atoms with Crippen molar-refractivity contribution in [2.24, 2.45) is 12.5 Å². The molecule has 0 aliphatic carbocycles. The van der Waals surface area contributed by atoms with Crippen molar-refractivity contribution in [3.05, 3.63) is 101 Å². The number of phenols is 1. The van der Waals surface area contributed by atoms with Gasteiger partial charge in [-0.05, 0) is 55.2 Å². The molecule has 2 aromatic heterocycles. The number of fused-ring (bicyclic) bond motifs is 1. The number of likely N-dealkylation sites (tertiary alicyclic amines) is 2. The molecule has 16 heteroatoms. The van der Waals surface area contributed by atoms with Gasteiger partial charge in [-0.15, -0.1) is 0 Å². The largest absolute Gasteiger partial charge is 0.507 e. The summed E-state index contributed by atoms with van der Waals surface area (Å²) in [5.41, 5.74) is 4.44. The molecule has 3 aromatic carbocycles. The van der Waals surface area contributed by atoms with Gasteiger partial charge in [-0.3, -0.25) is 38.5 Å². The first kappa shape index (κ1) is 39.6. The Balaban J connectivity index is 0.739. The van der Waals surface area contributed by atoms with E-state index in [1.165, 1.54) is 4.57 Å². The minimum Gasteiger partial charge on any atom is -0.507 e. The van der Waals surface area contributed by atoms with Crippen molar-refractivity contribution in [3.63, 3.8) is 0 Å². The number of benzene rings is 3. The summed E-state index contributed by atoms with van der Waals surface area (Å²) in [6.45, 7) is 6.94. The van der Waals surface area contributed by atoms with Gasteiger partial charge in [0.2, 0.25) is 23.6 Å². The SMILES string of the molecule is Cn1c(=O)n([C@@H]2CCC(=O)NC2=O)c2cccc(N3CCN(CC(=O)N4CC5(C4)CN(C(=O)C4(c6ccccc6)CCN(c6cnnc(-c7ccccc7O)c6)CC4)C5)CC3)c21. The van der Waals surface area contributed by atoms with Gasteiger partial charge >= 0.3 is 5.69 Å². The fraction of sp³-hybridized carbons (Fsp3) is 0.413. The second-order valence-electron chi connectivity index (χ2n) is 17.7. The minimum atomic E-state index is -0.745. The second kappa shape index (κ2) is 15.4. The molecule has 1 spiro atoms. The third-order valence-corrected chi connectivity index (χ3v) is 14.0. The van der Waals surface area contributed by atoms with Crippen LogP contribution in [0.4, 0.5) is 11.4 Å². The van der Waals surface area contributed by atoms with Gasteiger partial charge in [0.15, 0.2) is 0 Å². The normalized spacial score (nSPS) is 21.1. The smallest absolute Gasteiger partial charge is 0.329 e. The van der Waals surface area contributed by atoms with Crippen LogP contribution in [0.3, 0.4) is 0 Å². The Morgan fingerprint density at radius 1 is 0.823 bits per heavy atom. The molecule has 0 saturated carbocycles. The maximum atomic E-state index is 14.6.